The van der Waals surface area contributed by atoms with Crippen LogP contribution in [0.4, 0.5) is 0 Å². The smallest absolute Gasteiger partial charge is 0.169 e. The van der Waals surface area contributed by atoms with Gasteiger partial charge in [-0.2, -0.15) is 0 Å². The summed E-state index contributed by atoms with van der Waals surface area (Å²) in [5.41, 5.74) is 0. The zero-order chi connectivity index (χ0) is 11.4. The molecule has 1 heterocycles. The predicted octanol–water partition coefficient (Wildman–Crippen LogP) is 3.65. The number of aromatic nitrogens is 1. The maximum absolute atomic E-state index is 5.65. The molecule has 82 valence electrons. The average molecular weight is 280 g/mol. The van der Waals surface area contributed by atoms with Gasteiger partial charge >= 0.3 is 0 Å². The predicted molar refractivity (Wildman–Crippen MR) is 65.0 cm³/mol. The lowest BCUT2D eigenvalue weighted by molar-refractivity contribution is 0.378. The summed E-state index contributed by atoms with van der Waals surface area (Å²) in [5.74, 6) is 2.03. The molecule has 0 N–H and O–H groups in total. The van der Waals surface area contributed by atoms with Crippen molar-refractivity contribution in [3.8, 4) is 17.2 Å². The fraction of sp³-hybridized carbons (Fsp3) is 0.0833. The van der Waals surface area contributed by atoms with Crippen molar-refractivity contribution < 1.29 is 9.47 Å². The molecule has 4 heteroatoms. The first-order chi connectivity index (χ1) is 7.79. The van der Waals surface area contributed by atoms with Crippen LogP contribution in [0.5, 0.6) is 17.2 Å². The standard InChI is InChI=1S/C12H10BrNO2/c1-15-12-7-9(13)4-5-11(12)16-10-3-2-6-14-8-10/h2-8H,1H3. The molecule has 2 rings (SSSR count). The molecule has 0 unspecified atom stereocenters. The molecule has 0 aliphatic heterocycles. The van der Waals surface area contributed by atoms with E-state index in [1.54, 1.807) is 19.5 Å². The molecular weight excluding hydrogens is 270 g/mol. The normalized spacial score (nSPS) is 9.88. The minimum Gasteiger partial charge on any atom is -0.493 e. The molecule has 1 aromatic heterocycles. The molecule has 0 atom stereocenters. The summed E-state index contributed by atoms with van der Waals surface area (Å²) in [6, 6.07) is 9.25. The van der Waals surface area contributed by atoms with E-state index in [4.69, 9.17) is 9.47 Å². The fourth-order valence-corrected chi connectivity index (χ4v) is 1.60. The van der Waals surface area contributed by atoms with Gasteiger partial charge in [0.1, 0.15) is 5.75 Å². The van der Waals surface area contributed by atoms with Crippen LogP contribution in [0.2, 0.25) is 0 Å². The molecule has 3 nitrogen and oxygen atoms in total. The SMILES string of the molecule is COc1cc(Br)ccc1Oc1cccnc1. The second-order valence-electron chi connectivity index (χ2n) is 3.09. The second-order valence-corrected chi connectivity index (χ2v) is 4.00. The van der Waals surface area contributed by atoms with Gasteiger partial charge in [0.2, 0.25) is 0 Å². The van der Waals surface area contributed by atoms with E-state index < -0.39 is 0 Å². The molecule has 0 spiro atoms. The molecule has 16 heavy (non-hydrogen) atoms. The molecule has 0 radical (unpaired) electrons. The highest BCUT2D eigenvalue weighted by Crippen LogP contribution is 2.33. The molecule has 2 aromatic rings. The minimum absolute atomic E-state index is 0.665. The quantitative estimate of drug-likeness (QED) is 0.860. The van der Waals surface area contributed by atoms with E-state index in [9.17, 15) is 0 Å². The maximum Gasteiger partial charge on any atom is 0.169 e. The third-order valence-corrected chi connectivity index (χ3v) is 2.48. The topological polar surface area (TPSA) is 31.4 Å². The Bertz CT molecular complexity index is 474. The van der Waals surface area contributed by atoms with E-state index >= 15 is 0 Å². The Labute approximate surface area is 102 Å². The number of hydrogen-bond donors (Lipinski definition) is 0. The van der Waals surface area contributed by atoms with Gasteiger partial charge in [0.15, 0.2) is 11.5 Å². The summed E-state index contributed by atoms with van der Waals surface area (Å²) in [7, 11) is 1.61. The Morgan fingerprint density at radius 1 is 1.19 bits per heavy atom. The lowest BCUT2D eigenvalue weighted by atomic mass is 10.3. The number of benzene rings is 1. The van der Waals surface area contributed by atoms with Crippen LogP contribution >= 0.6 is 15.9 Å². The van der Waals surface area contributed by atoms with Crippen LogP contribution in [0.15, 0.2) is 47.2 Å². The molecule has 0 saturated heterocycles. The van der Waals surface area contributed by atoms with Crippen molar-refractivity contribution in [3.05, 3.63) is 47.2 Å². The monoisotopic (exact) mass is 279 g/mol. The summed E-state index contributed by atoms with van der Waals surface area (Å²) in [6.07, 6.45) is 3.35. The number of pyridine rings is 1. The van der Waals surface area contributed by atoms with Gasteiger partial charge in [0, 0.05) is 10.7 Å². The lowest BCUT2D eigenvalue weighted by Gasteiger charge is -2.09. The van der Waals surface area contributed by atoms with Crippen LogP contribution < -0.4 is 9.47 Å². The zero-order valence-electron chi connectivity index (χ0n) is 8.68. The van der Waals surface area contributed by atoms with Crippen LogP contribution in [0.3, 0.4) is 0 Å². The van der Waals surface area contributed by atoms with Gasteiger partial charge in [0.05, 0.1) is 13.3 Å². The number of methoxy groups -OCH3 is 1. The van der Waals surface area contributed by atoms with Crippen LogP contribution in [0.25, 0.3) is 0 Å². The summed E-state index contributed by atoms with van der Waals surface area (Å²) >= 11 is 3.37. The van der Waals surface area contributed by atoms with E-state index in [1.807, 2.05) is 30.3 Å². The van der Waals surface area contributed by atoms with Gasteiger partial charge in [-0.15, -0.1) is 0 Å². The van der Waals surface area contributed by atoms with E-state index in [0.29, 0.717) is 17.2 Å². The number of hydrogen-bond acceptors (Lipinski definition) is 3. The molecule has 0 saturated carbocycles. The lowest BCUT2D eigenvalue weighted by Crippen LogP contribution is -1.90. The van der Waals surface area contributed by atoms with Crippen LogP contribution in [0, 0.1) is 0 Å². The first-order valence-electron chi connectivity index (χ1n) is 4.71. The Kier molecular flexibility index (Phi) is 3.41. The largest absolute Gasteiger partial charge is 0.493 e. The second kappa shape index (κ2) is 4.99. The minimum atomic E-state index is 0.665. The summed E-state index contributed by atoms with van der Waals surface area (Å²) in [5, 5.41) is 0. The van der Waals surface area contributed by atoms with Crippen LogP contribution in [-0.4, -0.2) is 12.1 Å². The highest BCUT2D eigenvalue weighted by molar-refractivity contribution is 9.10. The summed E-state index contributed by atoms with van der Waals surface area (Å²) in [6.45, 7) is 0. The zero-order valence-corrected chi connectivity index (χ0v) is 10.3. The third-order valence-electron chi connectivity index (χ3n) is 1.99. The Morgan fingerprint density at radius 3 is 2.75 bits per heavy atom. The van der Waals surface area contributed by atoms with Crippen molar-refractivity contribution >= 4 is 15.9 Å². The highest BCUT2D eigenvalue weighted by atomic mass is 79.9. The molecule has 0 bridgehead atoms. The van der Waals surface area contributed by atoms with E-state index in [1.165, 1.54) is 0 Å². The molecule has 0 aliphatic carbocycles. The number of halogens is 1. The highest BCUT2D eigenvalue weighted by Gasteiger charge is 2.05. The molecule has 0 fully saturated rings. The first kappa shape index (κ1) is 11.0. The van der Waals surface area contributed by atoms with Gasteiger partial charge in [-0.25, -0.2) is 0 Å². The Morgan fingerprint density at radius 2 is 2.06 bits per heavy atom. The van der Waals surface area contributed by atoms with Crippen molar-refractivity contribution in [2.24, 2.45) is 0 Å². The molecule has 0 amide bonds. The van der Waals surface area contributed by atoms with Crippen LogP contribution in [0.1, 0.15) is 0 Å². The van der Waals surface area contributed by atoms with Crippen molar-refractivity contribution in [2.45, 2.75) is 0 Å². The van der Waals surface area contributed by atoms with E-state index in [-0.39, 0.29) is 0 Å². The van der Waals surface area contributed by atoms with Crippen molar-refractivity contribution in [3.63, 3.8) is 0 Å². The Balaban J connectivity index is 2.28. The summed E-state index contributed by atoms with van der Waals surface area (Å²) in [4.78, 5) is 3.98. The van der Waals surface area contributed by atoms with Gasteiger partial charge < -0.3 is 9.47 Å². The van der Waals surface area contributed by atoms with Crippen LogP contribution in [-0.2, 0) is 0 Å². The van der Waals surface area contributed by atoms with E-state index in [2.05, 4.69) is 20.9 Å². The first-order valence-corrected chi connectivity index (χ1v) is 5.50. The summed E-state index contributed by atoms with van der Waals surface area (Å²) < 4.78 is 11.8. The van der Waals surface area contributed by atoms with E-state index in [0.717, 1.165) is 4.47 Å². The van der Waals surface area contributed by atoms with Crippen molar-refractivity contribution in [2.75, 3.05) is 7.11 Å². The number of ether oxygens (including phenoxy) is 2. The number of rotatable bonds is 3. The molecule has 0 aliphatic rings. The van der Waals surface area contributed by atoms with Gasteiger partial charge in [-0.05, 0) is 30.3 Å². The maximum atomic E-state index is 5.65. The third kappa shape index (κ3) is 2.52. The molecule has 1 aromatic carbocycles. The van der Waals surface area contributed by atoms with Crippen molar-refractivity contribution in [1.29, 1.82) is 0 Å². The average Bonchev–Trinajstić information content (AvgIpc) is 2.33. The van der Waals surface area contributed by atoms with Gasteiger partial charge in [-0.3, -0.25) is 4.98 Å². The molecular formula is C12H10BrNO2. The van der Waals surface area contributed by atoms with Gasteiger partial charge in [-0.1, -0.05) is 15.9 Å². The number of nitrogens with zero attached hydrogens (tertiary/aromatic N) is 1. The Hall–Kier alpha value is -1.55. The van der Waals surface area contributed by atoms with Crippen molar-refractivity contribution in [1.82, 2.24) is 4.98 Å². The van der Waals surface area contributed by atoms with Gasteiger partial charge in [0.25, 0.3) is 0 Å². The fourth-order valence-electron chi connectivity index (χ4n) is 1.26.